The standard InChI is InChI=1S/C47H78O18/c1-41(2,3)34(49)56-22-24-26(28(62-37(52)44(10,11)12)30(32(48)58-24)64-39(54)46(16,17)18)60-33-31(65-40(55)47(19,20)21)29(63-38(53)45(13,14)15)27(61-36(51)43(7,8)9)25(59-33)23-57-35(50)42(4,5)6/h24-33,48H,22-23H2,1-21H3/t24?,25?,26-,27+,28?,29?,30?,31?,32?,33+/m1/s1. The van der Waals surface area contributed by atoms with E-state index in [2.05, 4.69) is 0 Å². The van der Waals surface area contributed by atoms with Crippen LogP contribution in [0.3, 0.4) is 0 Å². The van der Waals surface area contributed by atoms with Crippen molar-refractivity contribution in [2.24, 2.45) is 37.9 Å². The van der Waals surface area contributed by atoms with Gasteiger partial charge in [0.05, 0.1) is 37.9 Å². The van der Waals surface area contributed by atoms with E-state index in [-0.39, 0.29) is 0 Å². The quantitative estimate of drug-likeness (QED) is 0.191. The van der Waals surface area contributed by atoms with Crippen molar-refractivity contribution in [1.29, 1.82) is 0 Å². The highest BCUT2D eigenvalue weighted by molar-refractivity contribution is 5.79. The average Bonchev–Trinajstić information content (AvgIpc) is 3.11. The van der Waals surface area contributed by atoms with Gasteiger partial charge >= 0.3 is 41.8 Å². The first-order valence-electron chi connectivity index (χ1n) is 22.0. The SMILES string of the molecule is CC(C)(C)C(=O)OCC1OC(O)C(OC(=O)C(C)(C)C)C(OC(=O)C(C)(C)C)[C@@H]1O[C@@H]1OC(COC(=O)C(C)(C)C)[C@H](OC(=O)C(C)(C)C)C(OC(=O)C(C)(C)C)C1OC(=O)C(C)(C)C. The van der Waals surface area contributed by atoms with Crippen LogP contribution in [0.15, 0.2) is 0 Å². The molecule has 0 spiro atoms. The molecule has 0 bridgehead atoms. The second kappa shape index (κ2) is 20.6. The van der Waals surface area contributed by atoms with Crippen molar-refractivity contribution in [2.75, 3.05) is 13.2 Å². The molecule has 2 aliphatic heterocycles. The van der Waals surface area contributed by atoms with E-state index in [9.17, 15) is 38.7 Å². The summed E-state index contributed by atoms with van der Waals surface area (Å²) in [5, 5.41) is 11.5. The van der Waals surface area contributed by atoms with Gasteiger partial charge in [0, 0.05) is 0 Å². The Kier molecular flexibility index (Phi) is 18.1. The summed E-state index contributed by atoms with van der Waals surface area (Å²) < 4.78 is 60.8. The van der Waals surface area contributed by atoms with Crippen molar-refractivity contribution in [2.45, 2.75) is 207 Å². The molecule has 10 atom stereocenters. The lowest BCUT2D eigenvalue weighted by molar-refractivity contribution is -0.359. The molecule has 0 aliphatic carbocycles. The summed E-state index contributed by atoms with van der Waals surface area (Å²) in [6, 6.07) is 0. The molecule has 2 saturated heterocycles. The summed E-state index contributed by atoms with van der Waals surface area (Å²) in [7, 11) is 0. The molecule has 0 amide bonds. The van der Waals surface area contributed by atoms with E-state index in [0.717, 1.165) is 0 Å². The van der Waals surface area contributed by atoms with Crippen LogP contribution in [0.4, 0.5) is 0 Å². The van der Waals surface area contributed by atoms with Gasteiger partial charge in [-0.1, -0.05) is 0 Å². The number of hydrogen-bond donors (Lipinski definition) is 1. The van der Waals surface area contributed by atoms with Gasteiger partial charge in [-0.3, -0.25) is 33.6 Å². The molecule has 0 radical (unpaired) electrons. The Labute approximate surface area is 385 Å². The van der Waals surface area contributed by atoms with Gasteiger partial charge in [-0.05, 0) is 145 Å². The summed E-state index contributed by atoms with van der Waals surface area (Å²) >= 11 is 0. The highest BCUT2D eigenvalue weighted by atomic mass is 16.8. The third kappa shape index (κ3) is 16.2. The molecular weight excluding hydrogens is 852 g/mol. The molecule has 2 aliphatic rings. The highest BCUT2D eigenvalue weighted by Crippen LogP contribution is 2.39. The van der Waals surface area contributed by atoms with E-state index < -0.39 is 154 Å². The minimum atomic E-state index is -2.00. The van der Waals surface area contributed by atoms with E-state index in [0.29, 0.717) is 0 Å². The summed E-state index contributed by atoms with van der Waals surface area (Å²) in [5.74, 6) is -5.52. The molecule has 18 heteroatoms. The van der Waals surface area contributed by atoms with Crippen LogP contribution in [0.25, 0.3) is 0 Å². The number of esters is 7. The highest BCUT2D eigenvalue weighted by Gasteiger charge is 2.59. The third-order valence-electron chi connectivity index (χ3n) is 9.75. The zero-order chi connectivity index (χ0) is 50.8. The Morgan fingerprint density at radius 1 is 0.354 bits per heavy atom. The Bertz CT molecular complexity index is 1720. The van der Waals surface area contributed by atoms with E-state index >= 15 is 0 Å². The van der Waals surface area contributed by atoms with Gasteiger partial charge in [-0.15, -0.1) is 0 Å². The fourth-order valence-corrected chi connectivity index (χ4v) is 5.38. The maximum Gasteiger partial charge on any atom is 0.311 e. The van der Waals surface area contributed by atoms with Crippen LogP contribution in [-0.4, -0.2) is 122 Å². The van der Waals surface area contributed by atoms with Gasteiger partial charge in [-0.25, -0.2) is 0 Å². The van der Waals surface area contributed by atoms with Crippen LogP contribution in [0.1, 0.15) is 145 Å². The number of carbonyl (C=O) groups is 7. The first kappa shape index (κ1) is 57.3. The Morgan fingerprint density at radius 2 is 0.615 bits per heavy atom. The molecule has 0 aromatic heterocycles. The molecular formula is C47H78O18. The first-order valence-corrected chi connectivity index (χ1v) is 22.0. The number of aliphatic hydroxyl groups excluding tert-OH is 1. The smallest absolute Gasteiger partial charge is 0.311 e. The lowest BCUT2D eigenvalue weighted by atomic mass is 9.92. The predicted octanol–water partition coefficient (Wildman–Crippen LogP) is 5.78. The number of hydrogen-bond acceptors (Lipinski definition) is 18. The van der Waals surface area contributed by atoms with Crippen LogP contribution in [0.2, 0.25) is 0 Å². The summed E-state index contributed by atoms with van der Waals surface area (Å²) in [6.45, 7) is 31.9. The van der Waals surface area contributed by atoms with Crippen molar-refractivity contribution < 1.29 is 86.0 Å². The zero-order valence-electron chi connectivity index (χ0n) is 42.6. The van der Waals surface area contributed by atoms with Gasteiger partial charge < -0.3 is 52.5 Å². The Balaban J connectivity index is 3.10. The molecule has 2 fully saturated rings. The minimum absolute atomic E-state index is 0.623. The van der Waals surface area contributed by atoms with E-state index in [1.54, 1.807) is 145 Å². The van der Waals surface area contributed by atoms with Gasteiger partial charge in [0.15, 0.2) is 43.1 Å². The molecule has 374 valence electrons. The number of carbonyl (C=O) groups excluding carboxylic acids is 7. The molecule has 18 nitrogen and oxygen atoms in total. The fraction of sp³-hybridized carbons (Fsp3) is 0.851. The van der Waals surface area contributed by atoms with Crippen LogP contribution in [0.5, 0.6) is 0 Å². The Morgan fingerprint density at radius 3 is 0.938 bits per heavy atom. The number of aliphatic hydroxyl groups is 1. The van der Waals surface area contributed by atoms with Crippen molar-refractivity contribution >= 4 is 41.8 Å². The molecule has 2 rings (SSSR count). The first-order chi connectivity index (χ1) is 29.0. The van der Waals surface area contributed by atoms with Gasteiger partial charge in [0.2, 0.25) is 0 Å². The normalized spacial score (nSPS) is 27.1. The van der Waals surface area contributed by atoms with Crippen LogP contribution in [-0.2, 0) is 80.9 Å². The second-order valence-electron chi connectivity index (χ2n) is 24.0. The average molecular weight is 931 g/mol. The summed E-state index contributed by atoms with van der Waals surface area (Å²) in [4.78, 5) is 95.4. The van der Waals surface area contributed by atoms with Crippen LogP contribution in [0, 0.1) is 37.9 Å². The maximum atomic E-state index is 14.0. The molecule has 0 saturated carbocycles. The van der Waals surface area contributed by atoms with E-state index in [1.165, 1.54) is 0 Å². The number of ether oxygens (including phenoxy) is 10. The molecule has 65 heavy (non-hydrogen) atoms. The monoisotopic (exact) mass is 931 g/mol. The minimum Gasteiger partial charge on any atom is -0.462 e. The maximum absolute atomic E-state index is 14.0. The largest absolute Gasteiger partial charge is 0.462 e. The lowest BCUT2D eigenvalue weighted by Gasteiger charge is -2.49. The van der Waals surface area contributed by atoms with Crippen LogP contribution < -0.4 is 0 Å². The Hall–Kier alpha value is -3.87. The van der Waals surface area contributed by atoms with Gasteiger partial charge in [0.25, 0.3) is 0 Å². The zero-order valence-corrected chi connectivity index (χ0v) is 42.6. The summed E-state index contributed by atoms with van der Waals surface area (Å²) in [6.07, 6.45) is -17.4. The molecule has 0 aromatic rings. The molecule has 2 heterocycles. The van der Waals surface area contributed by atoms with Crippen molar-refractivity contribution in [3.8, 4) is 0 Å². The predicted molar refractivity (Wildman–Crippen MR) is 232 cm³/mol. The second-order valence-corrected chi connectivity index (χ2v) is 24.0. The van der Waals surface area contributed by atoms with Crippen LogP contribution >= 0.6 is 0 Å². The fourth-order valence-electron chi connectivity index (χ4n) is 5.38. The third-order valence-corrected chi connectivity index (χ3v) is 9.75. The van der Waals surface area contributed by atoms with Crippen molar-refractivity contribution in [3.05, 3.63) is 0 Å². The van der Waals surface area contributed by atoms with E-state index in [1.807, 2.05) is 0 Å². The van der Waals surface area contributed by atoms with Crippen molar-refractivity contribution in [1.82, 2.24) is 0 Å². The topological polar surface area (TPSA) is 232 Å². The van der Waals surface area contributed by atoms with Gasteiger partial charge in [-0.2, -0.15) is 0 Å². The van der Waals surface area contributed by atoms with Crippen molar-refractivity contribution in [3.63, 3.8) is 0 Å². The summed E-state index contributed by atoms with van der Waals surface area (Å²) in [5.41, 5.74) is -7.92. The molecule has 7 unspecified atom stereocenters. The molecule has 0 aromatic carbocycles. The lowest BCUT2D eigenvalue weighted by Crippen LogP contribution is -2.68. The van der Waals surface area contributed by atoms with E-state index in [4.69, 9.17) is 47.4 Å². The molecule has 1 N–H and O–H groups in total. The number of rotatable bonds is 11. The van der Waals surface area contributed by atoms with Gasteiger partial charge in [0.1, 0.15) is 31.5 Å².